The smallest absolute Gasteiger partial charge is 0.285 e. The lowest BCUT2D eigenvalue weighted by Crippen LogP contribution is -2.41. The van der Waals surface area contributed by atoms with E-state index in [0.717, 1.165) is 16.8 Å². The van der Waals surface area contributed by atoms with Gasteiger partial charge in [0.2, 0.25) is 0 Å². The highest BCUT2D eigenvalue weighted by Gasteiger charge is 2.25. The fourth-order valence-corrected chi connectivity index (χ4v) is 4.59. The largest absolute Gasteiger partial charge is 0.326 e. The van der Waals surface area contributed by atoms with Gasteiger partial charge in [-0.3, -0.25) is 4.79 Å². The molecule has 0 radical (unpaired) electrons. The molecular weight excluding hydrogens is 451 g/mol. The van der Waals surface area contributed by atoms with Crippen molar-refractivity contribution in [2.75, 3.05) is 25.4 Å². The molecule has 7 nitrogen and oxygen atoms in total. The van der Waals surface area contributed by atoms with Crippen molar-refractivity contribution in [1.82, 2.24) is 24.4 Å². The van der Waals surface area contributed by atoms with Gasteiger partial charge in [0, 0.05) is 46.3 Å². The van der Waals surface area contributed by atoms with E-state index in [1.54, 1.807) is 30.7 Å². The van der Waals surface area contributed by atoms with Crippen LogP contribution in [-0.2, 0) is 0 Å². The van der Waals surface area contributed by atoms with E-state index in [1.807, 2.05) is 29.9 Å². The number of imidazole rings is 1. The van der Waals surface area contributed by atoms with Crippen molar-refractivity contribution < 1.29 is 13.3 Å². The predicted octanol–water partition coefficient (Wildman–Crippen LogP) is 5.07. The molecule has 0 aliphatic carbocycles. The lowest BCUT2D eigenvalue weighted by molar-refractivity contribution is 0.102. The summed E-state index contributed by atoms with van der Waals surface area (Å²) in [5.74, 6) is -0.210. The van der Waals surface area contributed by atoms with Crippen molar-refractivity contribution in [3.05, 3.63) is 70.7 Å². The first kappa shape index (κ1) is 18.9. The van der Waals surface area contributed by atoms with E-state index in [1.165, 1.54) is 28.4 Å². The number of pyridine rings is 1. The van der Waals surface area contributed by atoms with Crippen LogP contribution in [0.15, 0.2) is 54.3 Å². The number of likely N-dealkylation sites (tertiary alicyclic amines) is 1. The van der Waals surface area contributed by atoms with Gasteiger partial charge < -0.3 is 14.8 Å². The summed E-state index contributed by atoms with van der Waals surface area (Å²) in [6.45, 7) is 2.90. The number of carbonyl (C=O) groups is 1. The first-order valence-electron chi connectivity index (χ1n) is 12.4. The van der Waals surface area contributed by atoms with Crippen molar-refractivity contribution in [1.29, 1.82) is 0 Å². The Balaban J connectivity index is 1.32. The van der Waals surface area contributed by atoms with Gasteiger partial charge in [0.1, 0.15) is 17.3 Å². The summed E-state index contributed by atoms with van der Waals surface area (Å²) < 4.78 is 37.8. The fourth-order valence-electron chi connectivity index (χ4n) is 3.89. The van der Waals surface area contributed by atoms with Gasteiger partial charge in [-0.05, 0) is 56.7 Å². The molecule has 1 aliphatic rings. The minimum Gasteiger partial charge on any atom is -0.326 e. The summed E-state index contributed by atoms with van der Waals surface area (Å²) in [6, 6.07) is 9.78. The molecule has 0 saturated carbocycles. The predicted molar refractivity (Wildman–Crippen MR) is 132 cm³/mol. The standard InChI is InChI=1S/C25H25FN6OS/c1-15(2)32-14-28-22(16-4-7-19(26)8-5-16)23(32)20-13-34-25(29-20)24(33)30-21-9-6-17(10-27-21)18-11-31(3)12-18/h4-10,13-15,18H,11-12H2,1-3H3,(H,27,30,33)/i3D3. The average molecular weight is 480 g/mol. The van der Waals surface area contributed by atoms with Crippen LogP contribution in [0.5, 0.6) is 0 Å². The number of carbonyl (C=O) groups excluding carboxylic acids is 1. The Bertz CT molecular complexity index is 1410. The number of aromatic nitrogens is 4. The monoisotopic (exact) mass is 479 g/mol. The van der Waals surface area contributed by atoms with Crippen LogP contribution in [0.1, 0.15) is 45.3 Å². The van der Waals surface area contributed by atoms with E-state index in [-0.39, 0.29) is 28.7 Å². The Morgan fingerprint density at radius 3 is 2.68 bits per heavy atom. The minimum absolute atomic E-state index is 0.0981. The van der Waals surface area contributed by atoms with Crippen LogP contribution in [0.2, 0.25) is 0 Å². The van der Waals surface area contributed by atoms with Crippen molar-refractivity contribution in [3.8, 4) is 22.6 Å². The Hall–Kier alpha value is -3.43. The second-order valence-corrected chi connectivity index (χ2v) is 9.38. The molecule has 4 heterocycles. The van der Waals surface area contributed by atoms with Crippen LogP contribution in [0.25, 0.3) is 22.6 Å². The SMILES string of the molecule is [2H]C([2H])([2H])N1CC(c2ccc(NC(=O)c3nc(-c4c(-c5ccc(F)cc5)ncn4C(C)C)cs3)nc2)C1. The van der Waals surface area contributed by atoms with Crippen LogP contribution in [-0.4, -0.2) is 50.4 Å². The summed E-state index contributed by atoms with van der Waals surface area (Å²) in [6.07, 6.45) is 3.39. The van der Waals surface area contributed by atoms with E-state index < -0.39 is 6.98 Å². The number of thiazole rings is 1. The van der Waals surface area contributed by atoms with Crippen molar-refractivity contribution in [2.45, 2.75) is 25.8 Å². The van der Waals surface area contributed by atoms with Gasteiger partial charge in [-0.25, -0.2) is 19.3 Å². The molecule has 9 heteroatoms. The van der Waals surface area contributed by atoms with Crippen LogP contribution in [0.4, 0.5) is 10.2 Å². The van der Waals surface area contributed by atoms with Gasteiger partial charge in [-0.1, -0.05) is 6.07 Å². The third kappa shape index (κ3) is 4.36. The molecule has 0 bridgehead atoms. The van der Waals surface area contributed by atoms with Crippen molar-refractivity contribution >= 4 is 23.1 Å². The molecule has 0 atom stereocenters. The van der Waals surface area contributed by atoms with Gasteiger partial charge in [-0.2, -0.15) is 0 Å². The summed E-state index contributed by atoms with van der Waals surface area (Å²) >= 11 is 1.21. The zero-order valence-electron chi connectivity index (χ0n) is 21.7. The molecular formula is C25H25FN6OS. The van der Waals surface area contributed by atoms with E-state index in [2.05, 4.69) is 20.3 Å². The molecule has 5 rings (SSSR count). The Kier molecular flexibility index (Phi) is 5.05. The van der Waals surface area contributed by atoms with Gasteiger partial charge in [0.05, 0.1) is 17.7 Å². The number of hydrogen-bond acceptors (Lipinski definition) is 6. The number of nitrogens with zero attached hydrogens (tertiary/aromatic N) is 5. The number of anilines is 1. The maximum atomic E-state index is 13.5. The topological polar surface area (TPSA) is 75.9 Å². The van der Waals surface area contributed by atoms with Gasteiger partial charge in [0.25, 0.3) is 5.91 Å². The number of likely N-dealkylation sites (N-methyl/N-ethyl adjacent to an activating group) is 1. The molecule has 1 fully saturated rings. The molecule has 0 spiro atoms. The molecule has 34 heavy (non-hydrogen) atoms. The third-order valence-corrected chi connectivity index (χ3v) is 6.63. The maximum absolute atomic E-state index is 13.5. The van der Waals surface area contributed by atoms with Crippen molar-refractivity contribution in [3.63, 3.8) is 0 Å². The highest BCUT2D eigenvalue weighted by molar-refractivity contribution is 7.12. The molecule has 174 valence electrons. The lowest BCUT2D eigenvalue weighted by atomic mass is 9.93. The fraction of sp³-hybridized carbons (Fsp3) is 0.280. The first-order valence-corrected chi connectivity index (χ1v) is 11.8. The zero-order valence-corrected chi connectivity index (χ0v) is 19.5. The summed E-state index contributed by atoms with van der Waals surface area (Å²) in [7, 11) is 0. The highest BCUT2D eigenvalue weighted by atomic mass is 32.1. The zero-order chi connectivity index (χ0) is 26.3. The molecule has 1 amide bonds. The Morgan fingerprint density at radius 1 is 1.21 bits per heavy atom. The quantitative estimate of drug-likeness (QED) is 0.418. The highest BCUT2D eigenvalue weighted by Crippen LogP contribution is 2.34. The third-order valence-electron chi connectivity index (χ3n) is 5.79. The molecule has 1 saturated heterocycles. The van der Waals surface area contributed by atoms with Crippen LogP contribution < -0.4 is 5.32 Å². The van der Waals surface area contributed by atoms with E-state index >= 15 is 0 Å². The summed E-state index contributed by atoms with van der Waals surface area (Å²) in [5.41, 5.74) is 3.72. The second kappa shape index (κ2) is 9.08. The van der Waals surface area contributed by atoms with Crippen LogP contribution in [0, 0.1) is 5.82 Å². The normalized spacial score (nSPS) is 16.1. The number of nitrogens with one attached hydrogen (secondary N) is 1. The Morgan fingerprint density at radius 2 is 2.00 bits per heavy atom. The van der Waals surface area contributed by atoms with Gasteiger partial charge in [-0.15, -0.1) is 11.3 Å². The first-order chi connectivity index (χ1) is 17.6. The average Bonchev–Trinajstić information content (AvgIpc) is 3.46. The molecule has 1 aromatic carbocycles. The molecule has 3 aromatic heterocycles. The molecule has 1 aliphatic heterocycles. The maximum Gasteiger partial charge on any atom is 0.285 e. The van der Waals surface area contributed by atoms with E-state index in [9.17, 15) is 9.18 Å². The van der Waals surface area contributed by atoms with Gasteiger partial charge in [0.15, 0.2) is 5.01 Å². The number of rotatable bonds is 6. The van der Waals surface area contributed by atoms with E-state index in [0.29, 0.717) is 30.3 Å². The molecule has 0 unspecified atom stereocenters. The lowest BCUT2D eigenvalue weighted by Gasteiger charge is -2.36. The number of amides is 1. The second-order valence-electron chi connectivity index (χ2n) is 8.52. The Labute approximate surface area is 205 Å². The van der Waals surface area contributed by atoms with Crippen LogP contribution >= 0.6 is 11.3 Å². The minimum atomic E-state index is -2.07. The van der Waals surface area contributed by atoms with Crippen molar-refractivity contribution in [2.24, 2.45) is 0 Å². The number of hydrogen-bond donors (Lipinski definition) is 1. The summed E-state index contributed by atoms with van der Waals surface area (Å²) in [4.78, 5) is 27.8. The van der Waals surface area contributed by atoms with Gasteiger partial charge >= 0.3 is 0 Å². The number of halogens is 1. The summed E-state index contributed by atoms with van der Waals surface area (Å²) in [5, 5.41) is 4.86. The molecule has 1 N–H and O–H groups in total. The number of benzene rings is 1. The van der Waals surface area contributed by atoms with Crippen LogP contribution in [0.3, 0.4) is 0 Å². The molecule has 4 aromatic rings. The van der Waals surface area contributed by atoms with E-state index in [4.69, 9.17) is 4.11 Å².